The summed E-state index contributed by atoms with van der Waals surface area (Å²) in [5.74, 6) is 0.768. The number of fused-ring (bicyclic) bond motifs is 1. The highest BCUT2D eigenvalue weighted by Gasteiger charge is 2.11. The van der Waals surface area contributed by atoms with Crippen molar-refractivity contribution in [2.75, 3.05) is 13.1 Å². The first-order chi connectivity index (χ1) is 10.8. The van der Waals surface area contributed by atoms with Crippen LogP contribution in [0.4, 0.5) is 0 Å². The molecule has 5 nitrogen and oxygen atoms in total. The predicted octanol–water partition coefficient (Wildman–Crippen LogP) is 2.71. The third-order valence-electron chi connectivity index (χ3n) is 3.91. The van der Waals surface area contributed by atoms with Crippen molar-refractivity contribution in [1.29, 1.82) is 0 Å². The van der Waals surface area contributed by atoms with E-state index in [1.165, 1.54) is 11.1 Å². The monoisotopic (exact) mass is 291 g/mol. The molecule has 1 aromatic carbocycles. The van der Waals surface area contributed by atoms with E-state index in [2.05, 4.69) is 45.4 Å². The summed E-state index contributed by atoms with van der Waals surface area (Å²) in [6.07, 6.45) is 6.75. The van der Waals surface area contributed by atoms with Gasteiger partial charge in [0, 0.05) is 6.54 Å². The first-order valence-corrected chi connectivity index (χ1v) is 7.48. The number of nitrogens with one attached hydrogen (secondary N) is 2. The third-order valence-corrected chi connectivity index (χ3v) is 3.91. The summed E-state index contributed by atoms with van der Waals surface area (Å²) >= 11 is 0. The van der Waals surface area contributed by atoms with Gasteiger partial charge in [-0.2, -0.15) is 0 Å². The van der Waals surface area contributed by atoms with Crippen LogP contribution >= 0.6 is 0 Å². The fraction of sp³-hybridized carbons (Fsp3) is 0.235. The van der Waals surface area contributed by atoms with E-state index < -0.39 is 0 Å². The van der Waals surface area contributed by atoms with E-state index >= 15 is 0 Å². The second-order valence-corrected chi connectivity index (χ2v) is 5.58. The van der Waals surface area contributed by atoms with Gasteiger partial charge in [0.25, 0.3) is 0 Å². The first-order valence-electron chi connectivity index (χ1n) is 7.48. The van der Waals surface area contributed by atoms with Gasteiger partial charge in [0.05, 0.1) is 29.1 Å². The molecule has 110 valence electrons. The standard InChI is InChI=1S/C17H17N5/c1-11-2-3-13-14(8-11)22-17(21-13)16-10-19-9-15(20-16)12-4-6-18-7-5-12/h2-4,8-10,18H,5-7H2,1H3,(H,21,22). The number of aromatic amines is 1. The van der Waals surface area contributed by atoms with Gasteiger partial charge in [-0.15, -0.1) is 0 Å². The molecular weight excluding hydrogens is 274 g/mol. The van der Waals surface area contributed by atoms with Crippen molar-refractivity contribution < 1.29 is 0 Å². The molecule has 2 N–H and O–H groups in total. The molecule has 3 heterocycles. The van der Waals surface area contributed by atoms with Crippen LogP contribution in [0.1, 0.15) is 17.7 Å². The molecule has 0 amide bonds. The number of benzene rings is 1. The average molecular weight is 291 g/mol. The molecule has 1 aliphatic heterocycles. The molecule has 5 heteroatoms. The van der Waals surface area contributed by atoms with Crippen molar-refractivity contribution in [3.05, 3.63) is 47.9 Å². The molecule has 0 bridgehead atoms. The minimum absolute atomic E-state index is 0.768. The van der Waals surface area contributed by atoms with Crippen LogP contribution in [0, 0.1) is 6.92 Å². The molecule has 0 spiro atoms. The largest absolute Gasteiger partial charge is 0.337 e. The van der Waals surface area contributed by atoms with Gasteiger partial charge in [0.2, 0.25) is 0 Å². The summed E-state index contributed by atoms with van der Waals surface area (Å²) in [6, 6.07) is 6.19. The zero-order valence-corrected chi connectivity index (χ0v) is 12.4. The van der Waals surface area contributed by atoms with Gasteiger partial charge in [0.15, 0.2) is 5.82 Å². The highest BCUT2D eigenvalue weighted by atomic mass is 15.0. The molecular formula is C17H17N5. The maximum atomic E-state index is 4.73. The zero-order valence-electron chi connectivity index (χ0n) is 12.4. The number of H-pyrrole nitrogens is 1. The maximum absolute atomic E-state index is 4.73. The van der Waals surface area contributed by atoms with Crippen LogP contribution in [-0.2, 0) is 0 Å². The SMILES string of the molecule is Cc1ccc2nc(-c3cncc(C4=CCNCC4)n3)[nH]c2c1. The molecule has 0 atom stereocenters. The van der Waals surface area contributed by atoms with E-state index in [1.54, 1.807) is 6.20 Å². The van der Waals surface area contributed by atoms with Crippen LogP contribution in [0.3, 0.4) is 0 Å². The summed E-state index contributed by atoms with van der Waals surface area (Å²) in [6.45, 7) is 3.96. The molecule has 4 rings (SSSR count). The van der Waals surface area contributed by atoms with Crippen molar-refractivity contribution in [1.82, 2.24) is 25.3 Å². The summed E-state index contributed by atoms with van der Waals surface area (Å²) in [4.78, 5) is 17.0. The number of hydrogen-bond donors (Lipinski definition) is 2. The van der Waals surface area contributed by atoms with Crippen molar-refractivity contribution in [2.24, 2.45) is 0 Å². The Hall–Kier alpha value is -2.53. The second-order valence-electron chi connectivity index (χ2n) is 5.58. The van der Waals surface area contributed by atoms with Crippen LogP contribution < -0.4 is 5.32 Å². The lowest BCUT2D eigenvalue weighted by Crippen LogP contribution is -2.20. The minimum atomic E-state index is 0.768. The van der Waals surface area contributed by atoms with E-state index in [1.807, 2.05) is 12.3 Å². The summed E-state index contributed by atoms with van der Waals surface area (Å²) in [5.41, 5.74) is 6.17. The smallest absolute Gasteiger partial charge is 0.158 e. The van der Waals surface area contributed by atoms with Crippen LogP contribution in [0.15, 0.2) is 36.7 Å². The molecule has 3 aromatic rings. The average Bonchev–Trinajstić information content (AvgIpc) is 2.99. The van der Waals surface area contributed by atoms with Gasteiger partial charge in [-0.1, -0.05) is 12.1 Å². The zero-order chi connectivity index (χ0) is 14.9. The van der Waals surface area contributed by atoms with Crippen LogP contribution in [0.2, 0.25) is 0 Å². The molecule has 22 heavy (non-hydrogen) atoms. The molecule has 0 radical (unpaired) electrons. The molecule has 0 aliphatic carbocycles. The summed E-state index contributed by atoms with van der Waals surface area (Å²) in [5, 5.41) is 3.31. The Labute approximate surface area is 128 Å². The van der Waals surface area contributed by atoms with Crippen molar-refractivity contribution in [3.63, 3.8) is 0 Å². The van der Waals surface area contributed by atoms with Gasteiger partial charge >= 0.3 is 0 Å². The Kier molecular flexibility index (Phi) is 3.20. The normalized spacial score (nSPS) is 15.0. The van der Waals surface area contributed by atoms with Crippen LogP contribution in [-0.4, -0.2) is 33.0 Å². The lowest BCUT2D eigenvalue weighted by Gasteiger charge is -2.13. The highest BCUT2D eigenvalue weighted by molar-refractivity contribution is 5.79. The molecule has 0 saturated carbocycles. The Morgan fingerprint density at radius 3 is 2.86 bits per heavy atom. The number of imidazole rings is 1. The van der Waals surface area contributed by atoms with E-state index in [9.17, 15) is 0 Å². The number of aromatic nitrogens is 4. The highest BCUT2D eigenvalue weighted by Crippen LogP contribution is 2.22. The van der Waals surface area contributed by atoms with E-state index in [0.29, 0.717) is 0 Å². The summed E-state index contributed by atoms with van der Waals surface area (Å²) in [7, 11) is 0. The Balaban J connectivity index is 1.76. The lowest BCUT2D eigenvalue weighted by molar-refractivity contribution is 0.736. The summed E-state index contributed by atoms with van der Waals surface area (Å²) < 4.78 is 0. The van der Waals surface area contributed by atoms with Gasteiger partial charge < -0.3 is 10.3 Å². The fourth-order valence-electron chi connectivity index (χ4n) is 2.73. The van der Waals surface area contributed by atoms with Gasteiger partial charge in [-0.25, -0.2) is 9.97 Å². The van der Waals surface area contributed by atoms with Crippen LogP contribution in [0.5, 0.6) is 0 Å². The minimum Gasteiger partial charge on any atom is -0.337 e. The molecule has 0 unspecified atom stereocenters. The topological polar surface area (TPSA) is 66.5 Å². The number of nitrogens with zero attached hydrogens (tertiary/aromatic N) is 3. The Morgan fingerprint density at radius 2 is 2.00 bits per heavy atom. The fourth-order valence-corrected chi connectivity index (χ4v) is 2.73. The molecule has 1 aliphatic rings. The predicted molar refractivity (Wildman–Crippen MR) is 87.3 cm³/mol. The Morgan fingerprint density at radius 1 is 1.09 bits per heavy atom. The van der Waals surface area contributed by atoms with Crippen LogP contribution in [0.25, 0.3) is 28.1 Å². The number of rotatable bonds is 2. The van der Waals surface area contributed by atoms with E-state index in [4.69, 9.17) is 4.98 Å². The molecule has 0 fully saturated rings. The van der Waals surface area contributed by atoms with Gasteiger partial charge in [-0.3, -0.25) is 4.98 Å². The van der Waals surface area contributed by atoms with Gasteiger partial charge in [-0.05, 0) is 43.2 Å². The van der Waals surface area contributed by atoms with E-state index in [-0.39, 0.29) is 0 Å². The maximum Gasteiger partial charge on any atom is 0.158 e. The van der Waals surface area contributed by atoms with Crippen molar-refractivity contribution >= 4 is 16.6 Å². The molecule has 0 saturated heterocycles. The third kappa shape index (κ3) is 2.40. The molecule has 2 aromatic heterocycles. The number of hydrogen-bond acceptors (Lipinski definition) is 4. The number of aryl methyl sites for hydroxylation is 1. The first kappa shape index (κ1) is 13.2. The van der Waals surface area contributed by atoms with Crippen molar-refractivity contribution in [2.45, 2.75) is 13.3 Å². The van der Waals surface area contributed by atoms with Crippen molar-refractivity contribution in [3.8, 4) is 11.5 Å². The second kappa shape index (κ2) is 5.35. The van der Waals surface area contributed by atoms with Gasteiger partial charge in [0.1, 0.15) is 5.69 Å². The quantitative estimate of drug-likeness (QED) is 0.762. The lowest BCUT2D eigenvalue weighted by atomic mass is 10.1. The Bertz CT molecular complexity index is 862. The van der Waals surface area contributed by atoms with E-state index in [0.717, 1.165) is 47.8 Å².